The van der Waals surface area contributed by atoms with Crippen molar-refractivity contribution in [2.45, 2.75) is 24.8 Å². The number of halogens is 4. The zero-order chi connectivity index (χ0) is 26.0. The average Bonchev–Trinajstić information content (AvgIpc) is 2.77. The van der Waals surface area contributed by atoms with Crippen LogP contribution in [0.25, 0.3) is 0 Å². The highest BCUT2D eigenvalue weighted by Crippen LogP contribution is 2.34. The molecule has 0 aliphatic carbocycles. The summed E-state index contributed by atoms with van der Waals surface area (Å²) in [5.74, 6) is -5.12. The number of aromatic carboxylic acids is 1. The van der Waals surface area contributed by atoms with Crippen molar-refractivity contribution in [3.63, 3.8) is 0 Å². The molecule has 0 radical (unpaired) electrons. The van der Waals surface area contributed by atoms with Gasteiger partial charge in [0.2, 0.25) is 15.9 Å². The van der Waals surface area contributed by atoms with E-state index in [1.165, 1.54) is 17.0 Å². The molecule has 1 aromatic heterocycles. The van der Waals surface area contributed by atoms with Crippen LogP contribution in [-0.4, -0.2) is 43.5 Å². The lowest BCUT2D eigenvalue weighted by atomic mass is 9.96. The Morgan fingerprint density at radius 1 is 1.23 bits per heavy atom. The molecule has 1 aliphatic rings. The molecule has 1 fully saturated rings. The quantitative estimate of drug-likeness (QED) is 0.561. The van der Waals surface area contributed by atoms with Gasteiger partial charge in [-0.3, -0.25) is 9.52 Å². The number of amides is 1. The summed E-state index contributed by atoms with van der Waals surface area (Å²) >= 11 is 0. The van der Waals surface area contributed by atoms with E-state index in [9.17, 15) is 40.8 Å². The topological polar surface area (TPSA) is 140 Å². The number of benzene rings is 1. The summed E-state index contributed by atoms with van der Waals surface area (Å²) in [6.07, 6.45) is -5.00. The Morgan fingerprint density at radius 3 is 2.43 bits per heavy atom. The summed E-state index contributed by atoms with van der Waals surface area (Å²) in [4.78, 5) is 28.4. The number of nitrogens with one attached hydrogen (secondary N) is 1. The number of carboxylic acids is 1. The lowest BCUT2D eigenvalue weighted by Gasteiger charge is -2.33. The number of nitrogens with zero attached hydrogens (tertiary/aromatic N) is 3. The van der Waals surface area contributed by atoms with E-state index in [2.05, 4.69) is 4.98 Å². The number of aromatic nitrogens is 1. The lowest BCUT2D eigenvalue weighted by Crippen LogP contribution is -2.43. The van der Waals surface area contributed by atoms with Crippen molar-refractivity contribution >= 4 is 27.7 Å². The van der Waals surface area contributed by atoms with E-state index in [1.807, 2.05) is 4.72 Å². The highest BCUT2D eigenvalue weighted by atomic mass is 32.2. The normalized spacial score (nSPS) is 14.9. The summed E-state index contributed by atoms with van der Waals surface area (Å²) in [5.41, 5.74) is -3.05. The molecule has 2 aromatic rings. The van der Waals surface area contributed by atoms with Crippen molar-refractivity contribution in [1.29, 1.82) is 5.26 Å². The largest absolute Gasteiger partial charge is 0.478 e. The van der Waals surface area contributed by atoms with Gasteiger partial charge in [0, 0.05) is 19.0 Å². The monoisotopic (exact) mass is 514 g/mol. The van der Waals surface area contributed by atoms with Gasteiger partial charge in [-0.15, -0.1) is 0 Å². The highest BCUT2D eigenvalue weighted by molar-refractivity contribution is 7.89. The van der Waals surface area contributed by atoms with Gasteiger partial charge < -0.3 is 10.0 Å². The summed E-state index contributed by atoms with van der Waals surface area (Å²) < 4.78 is 79.8. The van der Waals surface area contributed by atoms with Crippen LogP contribution in [0.2, 0.25) is 0 Å². The summed E-state index contributed by atoms with van der Waals surface area (Å²) in [6.45, 7) is -0.0686. The number of carboxylic acid groups (broad SMARTS) is 1. The number of anilines is 1. The molecule has 0 bridgehead atoms. The number of hydrogen-bond acceptors (Lipinski definition) is 7. The molecule has 9 nitrogen and oxygen atoms in total. The molecule has 2 heterocycles. The van der Waals surface area contributed by atoms with Crippen molar-refractivity contribution in [1.82, 2.24) is 9.71 Å². The van der Waals surface area contributed by atoms with Crippen LogP contribution in [0.15, 0.2) is 30.3 Å². The van der Waals surface area contributed by atoms with Gasteiger partial charge in [0.15, 0.2) is 5.69 Å². The van der Waals surface area contributed by atoms with Gasteiger partial charge in [0.05, 0.1) is 16.9 Å². The van der Waals surface area contributed by atoms with Gasteiger partial charge in [0.1, 0.15) is 17.7 Å². The number of carbonyl (C=O) groups is 2. The average molecular weight is 514 g/mol. The molecule has 3 rings (SSSR count). The van der Waals surface area contributed by atoms with Crippen LogP contribution in [0.4, 0.5) is 23.4 Å². The van der Waals surface area contributed by atoms with Crippen molar-refractivity contribution in [2.24, 2.45) is 5.92 Å². The van der Waals surface area contributed by atoms with Crippen LogP contribution in [0.1, 0.15) is 40.0 Å². The Balaban J connectivity index is 1.72. The number of hydrogen-bond donors (Lipinski definition) is 2. The zero-order valence-electron chi connectivity index (χ0n) is 17.8. The fraction of sp³-hybridized carbons (Fsp3) is 0.333. The number of rotatable bonds is 6. The highest BCUT2D eigenvalue weighted by Gasteiger charge is 2.39. The van der Waals surface area contributed by atoms with Gasteiger partial charge in [0.25, 0.3) is 0 Å². The first-order valence-electron chi connectivity index (χ1n) is 10.1. The van der Waals surface area contributed by atoms with Crippen LogP contribution < -0.4 is 9.62 Å². The second-order valence-electron chi connectivity index (χ2n) is 7.79. The Kier molecular flexibility index (Phi) is 7.30. The standard InChI is InChI=1S/C21H18F4N4O5S/c22-15-3-1-2-12(8-15)11-35(33,34)28-19(30)13-4-6-29(7-5-13)18-14(10-26)9-16(20(31)32)17(27-18)21(23,24)25/h1-3,8-9,13H,4-7,11H2,(H,28,30)(H,31,32). The first-order chi connectivity index (χ1) is 16.3. The first kappa shape index (κ1) is 25.9. The van der Waals surface area contributed by atoms with E-state index in [-0.39, 0.29) is 42.9 Å². The smallest absolute Gasteiger partial charge is 0.434 e. The molecule has 1 saturated heterocycles. The molecule has 1 aliphatic heterocycles. The third-order valence-electron chi connectivity index (χ3n) is 5.29. The molecule has 35 heavy (non-hydrogen) atoms. The minimum atomic E-state index is -5.08. The van der Waals surface area contributed by atoms with Gasteiger partial charge in [-0.1, -0.05) is 12.1 Å². The maximum Gasteiger partial charge on any atom is 0.434 e. The first-order valence-corrected chi connectivity index (χ1v) is 11.8. The summed E-state index contributed by atoms with van der Waals surface area (Å²) in [6, 6.07) is 7.12. The predicted molar refractivity (Wildman–Crippen MR) is 113 cm³/mol. The third-order valence-corrected chi connectivity index (χ3v) is 6.51. The predicted octanol–water partition coefficient (Wildman–Crippen LogP) is 2.67. The summed E-state index contributed by atoms with van der Waals surface area (Å²) in [5, 5.41) is 18.4. The van der Waals surface area contributed by atoms with Crippen LogP contribution in [-0.2, 0) is 26.7 Å². The van der Waals surface area contributed by atoms with Gasteiger partial charge in [-0.2, -0.15) is 18.4 Å². The molecular formula is C21H18F4N4O5S. The van der Waals surface area contributed by atoms with E-state index in [4.69, 9.17) is 5.11 Å². The van der Waals surface area contributed by atoms with E-state index in [0.717, 1.165) is 12.1 Å². The number of sulfonamides is 1. The van der Waals surface area contributed by atoms with Crippen molar-refractivity contribution in [3.05, 3.63) is 58.5 Å². The fourth-order valence-electron chi connectivity index (χ4n) is 3.68. The molecule has 1 amide bonds. The zero-order valence-corrected chi connectivity index (χ0v) is 18.7. The molecular weight excluding hydrogens is 496 g/mol. The van der Waals surface area contributed by atoms with E-state index in [0.29, 0.717) is 6.07 Å². The molecule has 1 aromatic carbocycles. The Labute approximate surface area is 197 Å². The molecule has 0 spiro atoms. The van der Waals surface area contributed by atoms with Crippen LogP contribution in [0.5, 0.6) is 0 Å². The third kappa shape index (κ3) is 6.24. The Morgan fingerprint density at radius 2 is 1.89 bits per heavy atom. The van der Waals surface area contributed by atoms with Crippen LogP contribution in [0.3, 0.4) is 0 Å². The second-order valence-corrected chi connectivity index (χ2v) is 9.51. The maximum absolute atomic E-state index is 13.3. The number of pyridine rings is 1. The van der Waals surface area contributed by atoms with Crippen molar-refractivity contribution in [2.75, 3.05) is 18.0 Å². The van der Waals surface area contributed by atoms with Crippen LogP contribution >= 0.6 is 0 Å². The fourth-order valence-corrected chi connectivity index (χ4v) is 4.84. The minimum absolute atomic E-state index is 0.0343. The minimum Gasteiger partial charge on any atom is -0.478 e. The molecule has 14 heteroatoms. The van der Waals surface area contributed by atoms with Gasteiger partial charge >= 0.3 is 12.1 Å². The van der Waals surface area contributed by atoms with Crippen LogP contribution in [0, 0.1) is 23.1 Å². The number of nitriles is 1. The summed E-state index contributed by atoms with van der Waals surface area (Å²) in [7, 11) is -4.13. The Hall–Kier alpha value is -3.73. The van der Waals surface area contributed by atoms with Crippen molar-refractivity contribution in [3.8, 4) is 6.07 Å². The number of carbonyl (C=O) groups excluding carboxylic acids is 1. The lowest BCUT2D eigenvalue weighted by molar-refractivity contribution is -0.141. The molecule has 186 valence electrons. The Bertz CT molecular complexity index is 1300. The van der Waals surface area contributed by atoms with E-state index < -0.39 is 56.8 Å². The molecule has 0 atom stereocenters. The van der Waals surface area contributed by atoms with Gasteiger partial charge in [-0.05, 0) is 36.6 Å². The van der Waals surface area contributed by atoms with Crippen molar-refractivity contribution < 1.29 is 40.7 Å². The van der Waals surface area contributed by atoms with Gasteiger partial charge in [-0.25, -0.2) is 22.6 Å². The second kappa shape index (κ2) is 9.87. The maximum atomic E-state index is 13.3. The number of piperidine rings is 1. The SMILES string of the molecule is N#Cc1cc(C(=O)O)c(C(F)(F)F)nc1N1CCC(C(=O)NS(=O)(=O)Cc2cccc(F)c2)CC1. The molecule has 0 unspecified atom stereocenters. The molecule has 2 N–H and O–H groups in total. The molecule has 0 saturated carbocycles. The van der Waals surface area contributed by atoms with E-state index in [1.54, 1.807) is 6.07 Å². The van der Waals surface area contributed by atoms with E-state index >= 15 is 0 Å². The number of alkyl halides is 3.